The van der Waals surface area contributed by atoms with E-state index in [1.165, 1.54) is 13.4 Å². The zero-order chi connectivity index (χ0) is 16.7. The van der Waals surface area contributed by atoms with E-state index in [-0.39, 0.29) is 39.7 Å². The molecule has 1 aromatic heterocycles. The Kier molecular flexibility index (Phi) is 3.61. The predicted octanol–water partition coefficient (Wildman–Crippen LogP) is 2.16. The molecule has 0 spiro atoms. The molecule has 0 saturated heterocycles. The van der Waals surface area contributed by atoms with Gasteiger partial charge in [0.1, 0.15) is 17.4 Å². The summed E-state index contributed by atoms with van der Waals surface area (Å²) in [4.78, 5) is 12.7. The maximum Gasteiger partial charge on any atom is 0.204 e. The number of allylic oxidation sites excluding steroid dienone is 2. The molecule has 1 heterocycles. The minimum Gasteiger partial charge on any atom is -0.507 e. The van der Waals surface area contributed by atoms with E-state index in [1.807, 2.05) is 6.92 Å². The Morgan fingerprint density at radius 1 is 1.26 bits per heavy atom. The summed E-state index contributed by atoms with van der Waals surface area (Å²) in [7, 11) is 1.33. The number of benzene rings is 1. The molecule has 23 heavy (non-hydrogen) atoms. The Labute approximate surface area is 131 Å². The van der Waals surface area contributed by atoms with Gasteiger partial charge in [-0.1, -0.05) is 25.2 Å². The van der Waals surface area contributed by atoms with Crippen molar-refractivity contribution < 1.29 is 24.5 Å². The summed E-state index contributed by atoms with van der Waals surface area (Å²) in [6.07, 6.45) is 5.65. The van der Waals surface area contributed by atoms with E-state index in [2.05, 4.69) is 0 Å². The van der Waals surface area contributed by atoms with Crippen LogP contribution < -0.4 is 10.2 Å². The topological polar surface area (TPSA) is 100 Å². The van der Waals surface area contributed by atoms with Crippen LogP contribution in [-0.2, 0) is 0 Å². The first-order chi connectivity index (χ1) is 10.9. The van der Waals surface area contributed by atoms with Crippen LogP contribution in [0.15, 0.2) is 39.8 Å². The third kappa shape index (κ3) is 2.37. The van der Waals surface area contributed by atoms with Crippen LogP contribution in [0, 0.1) is 5.92 Å². The number of ether oxygens (including phenoxy) is 1. The summed E-state index contributed by atoms with van der Waals surface area (Å²) in [6, 6.07) is 1.04. The molecule has 2 unspecified atom stereocenters. The normalized spacial score (nSPS) is 20.6. The lowest BCUT2D eigenvalue weighted by molar-refractivity contribution is 0.184. The van der Waals surface area contributed by atoms with Gasteiger partial charge in [0.25, 0.3) is 0 Å². The molecule has 0 fully saturated rings. The van der Waals surface area contributed by atoms with Gasteiger partial charge in [0, 0.05) is 12.0 Å². The van der Waals surface area contributed by atoms with Crippen molar-refractivity contribution in [3.05, 3.63) is 46.3 Å². The van der Waals surface area contributed by atoms with Gasteiger partial charge in [-0.05, 0) is 5.57 Å². The second kappa shape index (κ2) is 5.48. The summed E-state index contributed by atoms with van der Waals surface area (Å²) in [6.45, 7) is 1.83. The number of rotatable bonds is 2. The third-order valence-corrected chi connectivity index (χ3v) is 3.93. The number of hydrogen-bond acceptors (Lipinski definition) is 6. The molecule has 1 aromatic carbocycles. The minimum absolute atomic E-state index is 0.0154. The van der Waals surface area contributed by atoms with Gasteiger partial charge in [0.05, 0.1) is 18.8 Å². The number of aromatic hydroxyl groups is 2. The monoisotopic (exact) mass is 316 g/mol. The fourth-order valence-corrected chi connectivity index (χ4v) is 2.64. The van der Waals surface area contributed by atoms with Crippen LogP contribution >= 0.6 is 0 Å². The van der Waals surface area contributed by atoms with Gasteiger partial charge < -0.3 is 24.5 Å². The molecule has 0 saturated carbocycles. The molecule has 2 aromatic rings. The van der Waals surface area contributed by atoms with Gasteiger partial charge >= 0.3 is 0 Å². The van der Waals surface area contributed by atoms with Gasteiger partial charge in [-0.25, -0.2) is 0 Å². The molecule has 0 aliphatic heterocycles. The molecule has 0 amide bonds. The number of phenolic OH excluding ortho intramolecular Hbond substituents is 2. The van der Waals surface area contributed by atoms with E-state index >= 15 is 0 Å². The van der Waals surface area contributed by atoms with Crippen molar-refractivity contribution in [3.63, 3.8) is 0 Å². The van der Waals surface area contributed by atoms with Gasteiger partial charge in [0.2, 0.25) is 11.2 Å². The molecular formula is C17H16O6. The number of hydrogen-bond donors (Lipinski definition) is 3. The second-order valence-corrected chi connectivity index (χ2v) is 5.46. The molecule has 0 radical (unpaired) electrons. The van der Waals surface area contributed by atoms with Crippen LogP contribution in [0.25, 0.3) is 16.5 Å². The Morgan fingerprint density at radius 3 is 2.65 bits per heavy atom. The second-order valence-electron chi connectivity index (χ2n) is 5.46. The highest BCUT2D eigenvalue weighted by Crippen LogP contribution is 2.39. The fourth-order valence-electron chi connectivity index (χ4n) is 2.64. The van der Waals surface area contributed by atoms with Crippen molar-refractivity contribution in [2.75, 3.05) is 7.11 Å². The molecule has 6 nitrogen and oxygen atoms in total. The first-order valence-electron chi connectivity index (χ1n) is 7.07. The predicted molar refractivity (Wildman–Crippen MR) is 84.7 cm³/mol. The van der Waals surface area contributed by atoms with Gasteiger partial charge in [-0.3, -0.25) is 4.79 Å². The lowest BCUT2D eigenvalue weighted by atomic mass is 9.92. The quantitative estimate of drug-likeness (QED) is 0.785. The summed E-state index contributed by atoms with van der Waals surface area (Å²) in [5, 5.41) is 29.4. The van der Waals surface area contributed by atoms with Crippen LogP contribution in [0.2, 0.25) is 0 Å². The number of aliphatic hydroxyl groups excluding tert-OH is 1. The van der Waals surface area contributed by atoms with E-state index in [1.54, 1.807) is 18.2 Å². The van der Waals surface area contributed by atoms with Gasteiger partial charge in [-0.15, -0.1) is 0 Å². The Morgan fingerprint density at radius 2 is 2.00 bits per heavy atom. The molecular weight excluding hydrogens is 300 g/mol. The highest BCUT2D eigenvalue weighted by molar-refractivity contribution is 5.93. The Bertz CT molecular complexity index is 890. The van der Waals surface area contributed by atoms with Gasteiger partial charge in [0.15, 0.2) is 11.3 Å². The largest absolute Gasteiger partial charge is 0.507 e. The van der Waals surface area contributed by atoms with E-state index in [0.717, 1.165) is 6.07 Å². The van der Waals surface area contributed by atoms with Crippen LogP contribution in [0.1, 0.15) is 12.5 Å². The first kappa shape index (κ1) is 15.2. The average Bonchev–Trinajstić information content (AvgIpc) is 2.50. The van der Waals surface area contributed by atoms with Gasteiger partial charge in [-0.2, -0.15) is 0 Å². The molecule has 1 aliphatic rings. The van der Waals surface area contributed by atoms with Crippen LogP contribution in [0.4, 0.5) is 0 Å². The van der Waals surface area contributed by atoms with E-state index in [4.69, 9.17) is 9.15 Å². The first-order valence-corrected chi connectivity index (χ1v) is 7.07. The fraction of sp³-hybridized carbons (Fsp3) is 0.235. The van der Waals surface area contributed by atoms with E-state index in [9.17, 15) is 20.1 Å². The number of methoxy groups -OCH3 is 1. The number of aliphatic hydroxyl groups is 1. The lowest BCUT2D eigenvalue weighted by Crippen LogP contribution is -2.17. The minimum atomic E-state index is -0.600. The third-order valence-electron chi connectivity index (χ3n) is 3.93. The van der Waals surface area contributed by atoms with Crippen LogP contribution in [-0.4, -0.2) is 28.5 Å². The molecule has 6 heteroatoms. The molecule has 1 aliphatic carbocycles. The summed E-state index contributed by atoms with van der Waals surface area (Å²) < 4.78 is 10.5. The van der Waals surface area contributed by atoms with Crippen molar-refractivity contribution in [3.8, 4) is 17.2 Å². The smallest absolute Gasteiger partial charge is 0.204 e. The summed E-state index contributed by atoms with van der Waals surface area (Å²) in [5.74, 6) is -0.865. The van der Waals surface area contributed by atoms with Crippen LogP contribution in [0.3, 0.4) is 0 Å². The van der Waals surface area contributed by atoms with Crippen molar-refractivity contribution >= 4 is 16.5 Å². The standard InChI is InChI=1S/C17H16O6/c1-8-5-9(3-4-11(8)18)10-7-23-17-14(15(10)21)12(19)6-13(20)16(17)22-2/h3-8,11,18-20H,1-2H3. The highest BCUT2D eigenvalue weighted by Gasteiger charge is 2.22. The Hall–Kier alpha value is -2.73. The molecule has 0 bridgehead atoms. The van der Waals surface area contributed by atoms with E-state index in [0.29, 0.717) is 5.57 Å². The number of fused-ring (bicyclic) bond motifs is 1. The van der Waals surface area contributed by atoms with Crippen LogP contribution in [0.5, 0.6) is 17.2 Å². The molecule has 3 rings (SSSR count). The highest BCUT2D eigenvalue weighted by atomic mass is 16.5. The molecule has 120 valence electrons. The number of phenols is 2. The average molecular weight is 316 g/mol. The van der Waals surface area contributed by atoms with Crippen molar-refractivity contribution in [1.82, 2.24) is 0 Å². The van der Waals surface area contributed by atoms with Crippen molar-refractivity contribution in [1.29, 1.82) is 0 Å². The van der Waals surface area contributed by atoms with Crippen molar-refractivity contribution in [2.24, 2.45) is 5.92 Å². The zero-order valence-corrected chi connectivity index (χ0v) is 12.6. The maximum atomic E-state index is 12.7. The Balaban J connectivity index is 2.27. The molecule has 3 N–H and O–H groups in total. The summed E-state index contributed by atoms with van der Waals surface area (Å²) in [5.41, 5.74) is 0.397. The SMILES string of the molecule is COc1c(O)cc(O)c2c(=O)c(C3=CC(C)C(O)C=C3)coc12. The van der Waals surface area contributed by atoms with E-state index < -0.39 is 11.5 Å². The summed E-state index contributed by atoms with van der Waals surface area (Å²) >= 11 is 0. The molecule has 2 atom stereocenters. The maximum absolute atomic E-state index is 12.7. The lowest BCUT2D eigenvalue weighted by Gasteiger charge is -2.18. The van der Waals surface area contributed by atoms with Crippen molar-refractivity contribution in [2.45, 2.75) is 13.0 Å². The zero-order valence-electron chi connectivity index (χ0n) is 12.6.